The minimum atomic E-state index is -5.00. The Hall–Kier alpha value is -4.10. The van der Waals surface area contributed by atoms with E-state index in [1.54, 1.807) is 0 Å². The number of anilines is 2. The predicted molar refractivity (Wildman–Crippen MR) is 167 cm³/mol. The zero-order valence-corrected chi connectivity index (χ0v) is 26.9. The average molecular weight is 666 g/mol. The first-order valence-corrected chi connectivity index (χ1v) is 16.2. The number of carbonyl (C=O) groups is 2. The number of hydrogen-bond acceptors (Lipinski definition) is 13. The Balaban J connectivity index is 1.38. The lowest BCUT2D eigenvalue weighted by atomic mass is 9.95. The average Bonchev–Trinajstić information content (AvgIpc) is 3.38. The number of ether oxygens (including phenoxy) is 1. The van der Waals surface area contributed by atoms with Crippen LogP contribution in [0.1, 0.15) is 26.5 Å². The number of benzene rings is 1. The van der Waals surface area contributed by atoms with Gasteiger partial charge in [-0.3, -0.25) is 19.5 Å². The summed E-state index contributed by atoms with van der Waals surface area (Å²) in [6, 6.07) is 6.89. The summed E-state index contributed by atoms with van der Waals surface area (Å²) >= 11 is 1.09. The summed E-state index contributed by atoms with van der Waals surface area (Å²) < 4.78 is 43.6. The highest BCUT2D eigenvalue weighted by atomic mass is 32.3. The van der Waals surface area contributed by atoms with Crippen molar-refractivity contribution in [3.8, 4) is 5.75 Å². The highest BCUT2D eigenvalue weighted by Gasteiger charge is 2.38. The number of hydrogen-bond donors (Lipinski definition) is 5. The van der Waals surface area contributed by atoms with Crippen LogP contribution in [-0.4, -0.2) is 85.5 Å². The van der Waals surface area contributed by atoms with Gasteiger partial charge in [-0.25, -0.2) is 9.55 Å². The van der Waals surface area contributed by atoms with E-state index in [1.165, 1.54) is 26.2 Å². The molecule has 1 saturated heterocycles. The largest absolute Gasteiger partial charge is 0.490 e. The number of nitrogens with two attached hydrogens (primary N) is 1. The molecule has 0 bridgehead atoms. The van der Waals surface area contributed by atoms with Crippen molar-refractivity contribution >= 4 is 61.5 Å². The van der Waals surface area contributed by atoms with Gasteiger partial charge >= 0.3 is 10.4 Å². The van der Waals surface area contributed by atoms with E-state index >= 15 is 0 Å². The number of nitrogens with zero attached hydrogens (tertiary/aromatic N) is 4. The number of carbonyl (C=O) groups excluding carboxylic acids is 2. The molecule has 6 N–H and O–H groups in total. The minimum absolute atomic E-state index is 0.0113. The maximum absolute atomic E-state index is 13.2. The molecule has 244 valence electrons. The topological polar surface area (TPSA) is 211 Å². The van der Waals surface area contributed by atoms with Crippen LogP contribution >= 0.6 is 11.3 Å². The molecule has 0 aliphatic carbocycles. The number of amides is 2. The monoisotopic (exact) mass is 665 g/mol. The number of fused-ring (bicyclic) bond motifs is 1. The van der Waals surface area contributed by atoms with Crippen LogP contribution in [0.4, 0.5) is 10.9 Å². The minimum Gasteiger partial charge on any atom is -0.490 e. The summed E-state index contributed by atoms with van der Waals surface area (Å²) in [5.41, 5.74) is 4.24. The first-order chi connectivity index (χ1) is 21.3. The number of pyridine rings is 1. The molecule has 1 fully saturated rings. The lowest BCUT2D eigenvalue weighted by Gasteiger charge is -2.37. The van der Waals surface area contributed by atoms with Gasteiger partial charge in [0, 0.05) is 24.4 Å². The fourth-order valence-electron chi connectivity index (χ4n) is 4.29. The predicted octanol–water partition coefficient (Wildman–Crippen LogP) is 0.610. The smallest absolute Gasteiger partial charge is 0.418 e. The summed E-state index contributed by atoms with van der Waals surface area (Å²) in [5.74, 6) is 1.52. The van der Waals surface area contributed by atoms with Crippen molar-refractivity contribution in [3.05, 3.63) is 41.5 Å². The number of hydroxylamine groups is 2. The Labute approximate surface area is 264 Å². The van der Waals surface area contributed by atoms with Crippen molar-refractivity contribution in [1.29, 1.82) is 0 Å². The third kappa shape index (κ3) is 8.76. The first kappa shape index (κ1) is 33.8. The van der Waals surface area contributed by atoms with Gasteiger partial charge in [0.05, 0.1) is 36.8 Å². The molecule has 16 nitrogen and oxygen atoms in total. The van der Waals surface area contributed by atoms with E-state index in [0.717, 1.165) is 47.6 Å². The van der Waals surface area contributed by atoms with Gasteiger partial charge in [-0.2, -0.15) is 13.5 Å². The molecule has 3 heterocycles. The molecule has 3 aromatic rings. The summed E-state index contributed by atoms with van der Waals surface area (Å²) in [6.07, 6.45) is 2.05. The number of nitrogen functional groups attached to an aromatic ring is 1. The van der Waals surface area contributed by atoms with E-state index in [9.17, 15) is 18.0 Å². The van der Waals surface area contributed by atoms with Crippen LogP contribution in [0.15, 0.2) is 41.0 Å². The molecule has 1 aromatic carbocycles. The number of aryl methyl sites for hydroxylation is 1. The Morgan fingerprint density at radius 2 is 2.11 bits per heavy atom. The van der Waals surface area contributed by atoms with E-state index in [2.05, 4.69) is 34.9 Å². The number of aromatic nitrogens is 2. The normalized spacial score (nSPS) is 14.8. The van der Waals surface area contributed by atoms with Crippen molar-refractivity contribution < 1.29 is 41.0 Å². The first-order valence-electron chi connectivity index (χ1n) is 13.9. The van der Waals surface area contributed by atoms with Gasteiger partial charge in [-0.05, 0) is 50.4 Å². The molecule has 1 atom stereocenters. The molecule has 1 aliphatic heterocycles. The second-order valence-corrected chi connectivity index (χ2v) is 12.8. The van der Waals surface area contributed by atoms with Gasteiger partial charge in [-0.1, -0.05) is 5.16 Å². The molecule has 1 aliphatic rings. The Kier molecular flexibility index (Phi) is 10.8. The van der Waals surface area contributed by atoms with Gasteiger partial charge < -0.3 is 25.9 Å². The second-order valence-electron chi connectivity index (χ2n) is 10.9. The van der Waals surface area contributed by atoms with Crippen LogP contribution in [0.2, 0.25) is 0 Å². The lowest BCUT2D eigenvalue weighted by Crippen LogP contribution is -2.58. The van der Waals surface area contributed by atoms with Crippen LogP contribution in [0, 0.1) is 5.92 Å². The Morgan fingerprint density at radius 3 is 2.73 bits per heavy atom. The van der Waals surface area contributed by atoms with E-state index in [1.807, 2.05) is 37.5 Å². The summed E-state index contributed by atoms with van der Waals surface area (Å²) in [4.78, 5) is 34.2. The number of nitrogens with one attached hydrogen (secondary N) is 3. The molecule has 4 rings (SSSR count). The van der Waals surface area contributed by atoms with Crippen LogP contribution < -0.4 is 31.0 Å². The highest BCUT2D eigenvalue weighted by molar-refractivity contribution is 7.80. The van der Waals surface area contributed by atoms with E-state index in [-0.39, 0.29) is 36.2 Å². The maximum Gasteiger partial charge on any atom is 0.418 e. The van der Waals surface area contributed by atoms with E-state index in [4.69, 9.17) is 19.9 Å². The van der Waals surface area contributed by atoms with Crippen LogP contribution in [-0.2, 0) is 36.2 Å². The molecule has 1 unspecified atom stereocenters. The number of rotatable bonds is 16. The molecular formula is C27H37N8O8S2+. The van der Waals surface area contributed by atoms with Crippen LogP contribution in [0.3, 0.4) is 0 Å². The van der Waals surface area contributed by atoms with Crippen molar-refractivity contribution in [3.63, 3.8) is 0 Å². The third-order valence-electron chi connectivity index (χ3n) is 7.36. The van der Waals surface area contributed by atoms with Crippen molar-refractivity contribution in [1.82, 2.24) is 20.7 Å². The van der Waals surface area contributed by atoms with Crippen LogP contribution in [0.5, 0.6) is 5.75 Å². The zero-order valence-electron chi connectivity index (χ0n) is 25.2. The molecule has 18 heteroatoms. The fourth-order valence-corrected chi connectivity index (χ4v) is 5.26. The molecular weight excluding hydrogens is 628 g/mol. The fraction of sp³-hybridized carbons (Fsp3) is 0.444. The van der Waals surface area contributed by atoms with Gasteiger partial charge in [0.2, 0.25) is 6.41 Å². The molecule has 0 saturated carbocycles. The number of thiazole rings is 1. The molecule has 0 radical (unpaired) electrons. The molecule has 45 heavy (non-hydrogen) atoms. The van der Waals surface area contributed by atoms with Crippen molar-refractivity contribution in [2.24, 2.45) is 18.1 Å². The van der Waals surface area contributed by atoms with Gasteiger partial charge in [0.1, 0.15) is 18.1 Å². The maximum atomic E-state index is 13.2. The second kappa shape index (κ2) is 14.3. The Bertz CT molecular complexity index is 1660. The zero-order chi connectivity index (χ0) is 32.8. The van der Waals surface area contributed by atoms with Crippen molar-refractivity contribution in [2.45, 2.75) is 32.4 Å². The number of oxime groups is 1. The standard InChI is InChI=1S/C27H36N8O8S2/c1-17(27(2,3)35(16-36)43-45(38,39)40)31-25(37)23(22-15-44-26(28)32-22)33-42-10-9-41-20-5-6-21-19(11-20)7-8-34(4)24(21)30-14-18-12-29-13-18/h5-8,11,15-18,29H,9-10,12-14H2,1-4H3,(H4,28,31,32,37,38,39,40)/p+1/b33-23-. The van der Waals surface area contributed by atoms with Gasteiger partial charge in [0.15, 0.2) is 17.5 Å². The quantitative estimate of drug-likeness (QED) is 0.0356. The third-order valence-corrected chi connectivity index (χ3v) is 8.38. The molecule has 2 aromatic heterocycles. The van der Waals surface area contributed by atoms with E-state index < -0.39 is 27.9 Å². The summed E-state index contributed by atoms with van der Waals surface area (Å²) in [7, 11) is -3.00. The molecule has 2 amide bonds. The Morgan fingerprint density at radius 1 is 1.36 bits per heavy atom. The summed E-state index contributed by atoms with van der Waals surface area (Å²) in [5, 5.41) is 17.6. The van der Waals surface area contributed by atoms with E-state index in [0.29, 0.717) is 16.7 Å². The SMILES string of the molecule is CC(NC(=O)/C(=N\OCCOc1ccc2c(NCC3CNC3)[n+](C)ccc2c1)c1csc(N)n1)C(C)(C)N(C=O)OS(=O)(=O)O. The van der Waals surface area contributed by atoms with Crippen LogP contribution in [0.25, 0.3) is 10.8 Å². The molecule has 0 spiro atoms. The highest BCUT2D eigenvalue weighted by Crippen LogP contribution is 2.25. The van der Waals surface area contributed by atoms with Gasteiger partial charge in [0.25, 0.3) is 11.7 Å². The lowest BCUT2D eigenvalue weighted by molar-refractivity contribution is -0.656. The van der Waals surface area contributed by atoms with Crippen molar-refractivity contribution in [2.75, 3.05) is 43.9 Å². The summed E-state index contributed by atoms with van der Waals surface area (Å²) in [6.45, 7) is 7.36. The van der Waals surface area contributed by atoms with Gasteiger partial charge in [-0.15, -0.1) is 15.6 Å².